The quantitative estimate of drug-likeness (QED) is 0.733. The van der Waals surface area contributed by atoms with Crippen LogP contribution in [0, 0.1) is 0 Å². The Morgan fingerprint density at radius 2 is 2.24 bits per heavy atom. The summed E-state index contributed by atoms with van der Waals surface area (Å²) in [7, 11) is -1.97. The van der Waals surface area contributed by atoms with Crippen LogP contribution >= 0.6 is 0 Å². The molecule has 1 aromatic heterocycles. The third-order valence-corrected chi connectivity index (χ3v) is 4.37. The number of aromatic nitrogens is 1. The third kappa shape index (κ3) is 3.29. The van der Waals surface area contributed by atoms with Crippen molar-refractivity contribution < 1.29 is 18.3 Å². The minimum Gasteiger partial charge on any atom is -0.390 e. The highest BCUT2D eigenvalue weighted by molar-refractivity contribution is 7.89. The second-order valence-corrected chi connectivity index (χ2v) is 5.45. The van der Waals surface area contributed by atoms with Crippen molar-refractivity contribution >= 4 is 10.0 Å². The highest BCUT2D eigenvalue weighted by Crippen LogP contribution is 2.16. The molecule has 0 spiro atoms. The number of sulfonamides is 1. The summed E-state index contributed by atoms with van der Waals surface area (Å²) in [6, 6.07) is 1.44. The smallest absolute Gasteiger partial charge is 0.244 e. The minimum atomic E-state index is -3.50. The van der Waals surface area contributed by atoms with Crippen LogP contribution in [0.1, 0.15) is 12.6 Å². The lowest BCUT2D eigenvalue weighted by molar-refractivity contribution is 0.180. The van der Waals surface area contributed by atoms with Gasteiger partial charge in [-0.1, -0.05) is 6.92 Å². The summed E-state index contributed by atoms with van der Waals surface area (Å²) in [4.78, 5) is 2.88. The summed E-state index contributed by atoms with van der Waals surface area (Å²) >= 11 is 0. The first-order chi connectivity index (χ1) is 8.06. The SMILES string of the molecule is CCN(CCOC)S(=O)(=O)c1c[nH]c(CO)c1. The molecule has 0 atom stereocenters. The molecule has 0 aliphatic rings. The van der Waals surface area contributed by atoms with Crippen LogP contribution in [-0.2, 0) is 21.4 Å². The molecule has 0 aliphatic heterocycles. The van der Waals surface area contributed by atoms with Crippen LogP contribution in [0.15, 0.2) is 17.2 Å². The van der Waals surface area contributed by atoms with Gasteiger partial charge in [-0.25, -0.2) is 8.42 Å². The predicted molar refractivity (Wildman–Crippen MR) is 63.0 cm³/mol. The first kappa shape index (κ1) is 14.2. The van der Waals surface area contributed by atoms with Crippen molar-refractivity contribution in [2.24, 2.45) is 0 Å². The number of hydrogen-bond donors (Lipinski definition) is 2. The zero-order chi connectivity index (χ0) is 12.9. The molecule has 0 amide bonds. The Balaban J connectivity index is 2.91. The summed E-state index contributed by atoms with van der Waals surface area (Å²) in [6.45, 7) is 2.61. The number of ether oxygens (including phenoxy) is 1. The van der Waals surface area contributed by atoms with Gasteiger partial charge in [-0.05, 0) is 6.07 Å². The monoisotopic (exact) mass is 262 g/mol. The van der Waals surface area contributed by atoms with E-state index in [0.717, 1.165) is 0 Å². The normalized spacial score (nSPS) is 12.2. The molecule has 0 bridgehead atoms. The molecule has 0 aromatic carbocycles. The maximum atomic E-state index is 12.2. The summed E-state index contributed by atoms with van der Waals surface area (Å²) in [5, 5.41) is 8.89. The Hall–Kier alpha value is -0.890. The van der Waals surface area contributed by atoms with Gasteiger partial charge in [0.1, 0.15) is 0 Å². The van der Waals surface area contributed by atoms with E-state index < -0.39 is 10.0 Å². The van der Waals surface area contributed by atoms with Gasteiger partial charge >= 0.3 is 0 Å². The van der Waals surface area contributed by atoms with Gasteiger partial charge in [0, 0.05) is 32.1 Å². The Bertz CT molecular complexity index is 441. The van der Waals surface area contributed by atoms with Crippen molar-refractivity contribution in [3.8, 4) is 0 Å². The van der Waals surface area contributed by atoms with Crippen LogP contribution in [-0.4, -0.2) is 49.6 Å². The number of aliphatic hydroxyl groups excluding tert-OH is 1. The number of nitrogens with zero attached hydrogens (tertiary/aromatic N) is 1. The summed E-state index contributed by atoms with van der Waals surface area (Å²) in [6.07, 6.45) is 1.39. The van der Waals surface area contributed by atoms with E-state index in [2.05, 4.69) is 4.98 Å². The first-order valence-corrected chi connectivity index (χ1v) is 6.77. The van der Waals surface area contributed by atoms with Crippen molar-refractivity contribution in [1.29, 1.82) is 0 Å². The van der Waals surface area contributed by atoms with Gasteiger partial charge in [0.2, 0.25) is 10.0 Å². The molecular weight excluding hydrogens is 244 g/mol. The van der Waals surface area contributed by atoms with E-state index in [1.54, 1.807) is 6.92 Å². The lowest BCUT2D eigenvalue weighted by Gasteiger charge is -2.18. The van der Waals surface area contributed by atoms with Gasteiger partial charge in [-0.15, -0.1) is 0 Å². The molecule has 2 N–H and O–H groups in total. The van der Waals surface area contributed by atoms with Crippen LogP contribution in [0.5, 0.6) is 0 Å². The van der Waals surface area contributed by atoms with E-state index in [0.29, 0.717) is 25.4 Å². The molecule has 98 valence electrons. The van der Waals surface area contributed by atoms with Gasteiger partial charge in [-0.3, -0.25) is 0 Å². The van der Waals surface area contributed by atoms with Crippen LogP contribution in [0.3, 0.4) is 0 Å². The zero-order valence-corrected chi connectivity index (χ0v) is 10.8. The molecule has 0 saturated carbocycles. The molecule has 0 radical (unpaired) electrons. The van der Waals surface area contributed by atoms with Gasteiger partial charge in [0.15, 0.2) is 0 Å². The molecule has 17 heavy (non-hydrogen) atoms. The van der Waals surface area contributed by atoms with Crippen molar-refractivity contribution in [1.82, 2.24) is 9.29 Å². The maximum Gasteiger partial charge on any atom is 0.244 e. The molecule has 0 aliphatic carbocycles. The summed E-state index contributed by atoms with van der Waals surface area (Å²) < 4.78 is 30.5. The molecular formula is C10H18N2O4S. The minimum absolute atomic E-state index is 0.166. The van der Waals surface area contributed by atoms with Gasteiger partial charge < -0.3 is 14.8 Å². The van der Waals surface area contributed by atoms with E-state index in [1.165, 1.54) is 23.7 Å². The van der Waals surface area contributed by atoms with E-state index in [-0.39, 0.29) is 11.5 Å². The molecule has 0 saturated heterocycles. The van der Waals surface area contributed by atoms with Gasteiger partial charge in [-0.2, -0.15) is 4.31 Å². The van der Waals surface area contributed by atoms with Crippen molar-refractivity contribution in [3.63, 3.8) is 0 Å². The van der Waals surface area contributed by atoms with Crippen LogP contribution in [0.2, 0.25) is 0 Å². The van der Waals surface area contributed by atoms with Crippen LogP contribution < -0.4 is 0 Å². The topological polar surface area (TPSA) is 82.6 Å². The summed E-state index contributed by atoms with van der Waals surface area (Å²) in [5.41, 5.74) is 0.478. The second-order valence-electron chi connectivity index (χ2n) is 3.51. The number of aromatic amines is 1. The van der Waals surface area contributed by atoms with E-state index >= 15 is 0 Å². The highest BCUT2D eigenvalue weighted by Gasteiger charge is 2.23. The van der Waals surface area contributed by atoms with Crippen LogP contribution in [0.4, 0.5) is 0 Å². The van der Waals surface area contributed by atoms with E-state index in [4.69, 9.17) is 9.84 Å². The average Bonchev–Trinajstić information content (AvgIpc) is 2.79. The number of methoxy groups -OCH3 is 1. The number of H-pyrrole nitrogens is 1. The van der Waals surface area contributed by atoms with E-state index in [1.807, 2.05) is 0 Å². The standard InChI is InChI=1S/C10H18N2O4S/c1-3-12(4-5-16-2)17(14,15)10-6-9(8-13)11-7-10/h6-7,11,13H,3-5,8H2,1-2H3. The maximum absolute atomic E-state index is 12.2. The Kier molecular flexibility index (Phi) is 5.13. The number of likely N-dealkylation sites (N-methyl/N-ethyl adjacent to an activating group) is 1. The Morgan fingerprint density at radius 3 is 2.71 bits per heavy atom. The molecule has 1 heterocycles. The fraction of sp³-hybridized carbons (Fsp3) is 0.600. The fourth-order valence-electron chi connectivity index (χ4n) is 1.45. The zero-order valence-electron chi connectivity index (χ0n) is 10.0. The van der Waals surface area contributed by atoms with E-state index in [9.17, 15) is 8.42 Å². The summed E-state index contributed by atoms with van der Waals surface area (Å²) in [5.74, 6) is 0. The average molecular weight is 262 g/mol. The largest absolute Gasteiger partial charge is 0.390 e. The lowest BCUT2D eigenvalue weighted by Crippen LogP contribution is -2.33. The van der Waals surface area contributed by atoms with Crippen LogP contribution in [0.25, 0.3) is 0 Å². The van der Waals surface area contributed by atoms with Crippen molar-refractivity contribution in [2.75, 3.05) is 26.8 Å². The molecule has 6 nitrogen and oxygen atoms in total. The fourth-order valence-corrected chi connectivity index (χ4v) is 2.90. The van der Waals surface area contributed by atoms with Gasteiger partial charge in [0.25, 0.3) is 0 Å². The number of hydrogen-bond acceptors (Lipinski definition) is 4. The van der Waals surface area contributed by atoms with Crippen molar-refractivity contribution in [2.45, 2.75) is 18.4 Å². The highest BCUT2D eigenvalue weighted by atomic mass is 32.2. The van der Waals surface area contributed by atoms with Gasteiger partial charge in [0.05, 0.1) is 18.1 Å². The molecule has 0 unspecified atom stereocenters. The van der Waals surface area contributed by atoms with Crippen molar-refractivity contribution in [3.05, 3.63) is 18.0 Å². The molecule has 1 rings (SSSR count). The lowest BCUT2D eigenvalue weighted by atomic mass is 10.5. The number of aliphatic hydroxyl groups is 1. The Morgan fingerprint density at radius 1 is 1.53 bits per heavy atom. The molecule has 0 fully saturated rings. The first-order valence-electron chi connectivity index (χ1n) is 5.33. The molecule has 7 heteroatoms. The molecule has 1 aromatic rings. The Labute approximate surface area is 101 Å². The second kappa shape index (κ2) is 6.15. The third-order valence-electron chi connectivity index (χ3n) is 2.42. The number of rotatable bonds is 7. The number of nitrogens with one attached hydrogen (secondary N) is 1. The predicted octanol–water partition coefficient (Wildman–Crippen LogP) is 0.164.